The van der Waals surface area contributed by atoms with Crippen LogP contribution in [0.25, 0.3) is 0 Å². The molecular weight excluding hydrogens is 473 g/mol. The van der Waals surface area contributed by atoms with Crippen molar-refractivity contribution in [3.63, 3.8) is 0 Å². The summed E-state index contributed by atoms with van der Waals surface area (Å²) < 4.78 is 67.5. The fourth-order valence-electron chi connectivity index (χ4n) is 4.16. The molecule has 1 aromatic rings. The van der Waals surface area contributed by atoms with Crippen LogP contribution in [-0.4, -0.2) is 54.5 Å². The molecule has 0 saturated carbocycles. The number of aliphatic hydroxyl groups is 1. The van der Waals surface area contributed by atoms with E-state index in [1.165, 1.54) is 22.5 Å². The maximum atomic E-state index is 13.3. The highest BCUT2D eigenvalue weighted by molar-refractivity contribution is 7.96. The third-order valence-electron chi connectivity index (χ3n) is 6.08. The van der Waals surface area contributed by atoms with Crippen LogP contribution in [0.5, 0.6) is 0 Å². The summed E-state index contributed by atoms with van der Waals surface area (Å²) in [4.78, 5) is 2.59. The van der Waals surface area contributed by atoms with Crippen molar-refractivity contribution in [2.24, 2.45) is 5.92 Å². The quantitative estimate of drug-likeness (QED) is 0.579. The molecule has 2 atom stereocenters. The molecule has 5 nitrogen and oxygen atoms in total. The molecule has 1 fully saturated rings. The number of benzene rings is 1. The number of allylic oxidation sites excluding steroid dienone is 4. The molecule has 33 heavy (non-hydrogen) atoms. The fourth-order valence-corrected chi connectivity index (χ4v) is 6.24. The summed E-state index contributed by atoms with van der Waals surface area (Å²) in [7, 11) is -3.73. The van der Waals surface area contributed by atoms with Gasteiger partial charge in [-0.1, -0.05) is 50.4 Å². The van der Waals surface area contributed by atoms with Crippen molar-refractivity contribution in [3.05, 3.63) is 53.0 Å². The Labute approximate surface area is 198 Å². The minimum atomic E-state index is -4.79. The predicted octanol–water partition coefficient (Wildman–Crippen LogP) is 4.54. The number of piperazine rings is 1. The van der Waals surface area contributed by atoms with Crippen molar-refractivity contribution in [2.45, 2.75) is 51.4 Å². The van der Waals surface area contributed by atoms with E-state index in [0.717, 1.165) is 6.92 Å². The van der Waals surface area contributed by atoms with Crippen molar-refractivity contribution in [3.8, 4) is 0 Å². The van der Waals surface area contributed by atoms with Gasteiger partial charge < -0.3 is 10.0 Å². The lowest BCUT2D eigenvalue weighted by atomic mass is 9.94. The SMILES string of the molecule is CC(C)C[C@H]1CN(S(=O)(=O)C2=CC=CCC2=S)CCN1c1ccc([C@@](C)(O)C(F)(F)F)cc1. The highest BCUT2D eigenvalue weighted by Gasteiger charge is 2.51. The second kappa shape index (κ2) is 9.48. The van der Waals surface area contributed by atoms with Crippen LogP contribution in [0.3, 0.4) is 0 Å². The van der Waals surface area contributed by atoms with Crippen molar-refractivity contribution >= 4 is 32.8 Å². The Morgan fingerprint density at radius 1 is 1.18 bits per heavy atom. The van der Waals surface area contributed by atoms with Crippen LogP contribution in [0.2, 0.25) is 0 Å². The van der Waals surface area contributed by atoms with Crippen molar-refractivity contribution < 1.29 is 26.7 Å². The molecule has 1 saturated heterocycles. The molecule has 0 amide bonds. The summed E-state index contributed by atoms with van der Waals surface area (Å²) in [5.74, 6) is 0.281. The number of nitrogens with zero attached hydrogens (tertiary/aromatic N) is 2. The molecule has 0 spiro atoms. The molecule has 3 rings (SSSR count). The zero-order chi connectivity index (χ0) is 24.6. The Kier molecular flexibility index (Phi) is 7.43. The minimum Gasteiger partial charge on any atom is -0.376 e. The number of thiocarbonyl (C=S) groups is 1. The Bertz CT molecular complexity index is 1050. The van der Waals surface area contributed by atoms with Gasteiger partial charge in [0.1, 0.15) is 0 Å². The summed E-state index contributed by atoms with van der Waals surface area (Å²) in [6.45, 7) is 5.70. The van der Waals surface area contributed by atoms with Crippen LogP contribution in [0.1, 0.15) is 39.2 Å². The average Bonchev–Trinajstić information content (AvgIpc) is 2.73. The third kappa shape index (κ3) is 5.34. The van der Waals surface area contributed by atoms with Crippen molar-refractivity contribution in [1.82, 2.24) is 4.31 Å². The smallest absolute Gasteiger partial charge is 0.376 e. The second-order valence-corrected chi connectivity index (χ2v) is 11.4. The molecule has 2 aliphatic rings. The van der Waals surface area contributed by atoms with Gasteiger partial charge in [-0.15, -0.1) is 0 Å². The molecule has 1 aliphatic carbocycles. The number of hydrogen-bond acceptors (Lipinski definition) is 5. The van der Waals surface area contributed by atoms with Gasteiger partial charge in [-0.05, 0) is 43.0 Å². The molecule has 0 aromatic heterocycles. The van der Waals surface area contributed by atoms with Gasteiger partial charge in [0.05, 0.1) is 4.91 Å². The number of halogens is 3. The normalized spacial score (nSPS) is 22.4. The maximum Gasteiger partial charge on any atom is 0.421 e. The lowest BCUT2D eigenvalue weighted by molar-refractivity contribution is -0.258. The number of hydrogen-bond donors (Lipinski definition) is 1. The molecule has 0 radical (unpaired) electrons. The van der Waals surface area contributed by atoms with E-state index < -0.39 is 21.8 Å². The van der Waals surface area contributed by atoms with E-state index in [-0.39, 0.29) is 35.5 Å². The van der Waals surface area contributed by atoms with Gasteiger partial charge in [-0.3, -0.25) is 0 Å². The molecule has 1 aliphatic heterocycles. The van der Waals surface area contributed by atoms with Crippen LogP contribution in [-0.2, 0) is 15.6 Å². The Morgan fingerprint density at radius 2 is 1.82 bits per heavy atom. The minimum absolute atomic E-state index is 0.157. The van der Waals surface area contributed by atoms with E-state index >= 15 is 0 Å². The molecular formula is C23H29F3N2O3S2. The number of rotatable bonds is 6. The number of alkyl halides is 3. The van der Waals surface area contributed by atoms with Crippen molar-refractivity contribution in [1.29, 1.82) is 0 Å². The monoisotopic (exact) mass is 502 g/mol. The molecule has 10 heteroatoms. The first-order valence-electron chi connectivity index (χ1n) is 10.8. The third-order valence-corrected chi connectivity index (χ3v) is 8.55. The Balaban J connectivity index is 1.85. The number of sulfonamides is 1. The average molecular weight is 503 g/mol. The van der Waals surface area contributed by atoms with Crippen LogP contribution in [0.15, 0.2) is 47.4 Å². The first-order chi connectivity index (χ1) is 15.2. The van der Waals surface area contributed by atoms with Crippen LogP contribution >= 0.6 is 12.2 Å². The van der Waals surface area contributed by atoms with E-state index in [0.29, 0.717) is 29.9 Å². The van der Waals surface area contributed by atoms with Crippen LogP contribution < -0.4 is 4.90 Å². The molecule has 1 aromatic carbocycles. The summed E-state index contributed by atoms with van der Waals surface area (Å²) in [5, 5.41) is 9.93. The van der Waals surface area contributed by atoms with Gasteiger partial charge in [-0.2, -0.15) is 17.5 Å². The summed E-state index contributed by atoms with van der Waals surface area (Å²) in [5.41, 5.74) is -2.50. The van der Waals surface area contributed by atoms with Gasteiger partial charge in [0.2, 0.25) is 10.0 Å². The van der Waals surface area contributed by atoms with Crippen molar-refractivity contribution in [2.75, 3.05) is 24.5 Å². The van der Waals surface area contributed by atoms with Gasteiger partial charge in [0, 0.05) is 42.6 Å². The molecule has 0 bridgehead atoms. The molecule has 0 unspecified atom stereocenters. The van der Waals surface area contributed by atoms with Crippen LogP contribution in [0, 0.1) is 5.92 Å². The zero-order valence-electron chi connectivity index (χ0n) is 18.8. The first kappa shape index (κ1) is 25.9. The lowest BCUT2D eigenvalue weighted by Gasteiger charge is -2.43. The molecule has 182 valence electrons. The van der Waals surface area contributed by atoms with E-state index in [9.17, 15) is 26.7 Å². The van der Waals surface area contributed by atoms with Gasteiger partial charge in [-0.25, -0.2) is 8.42 Å². The summed E-state index contributed by atoms with van der Waals surface area (Å²) in [6, 6.07) is 5.50. The Hall–Kier alpha value is -1.75. The van der Waals surface area contributed by atoms with Gasteiger partial charge >= 0.3 is 6.18 Å². The summed E-state index contributed by atoms with van der Waals surface area (Å²) >= 11 is 5.28. The molecule has 1 N–H and O–H groups in total. The predicted molar refractivity (Wildman–Crippen MR) is 128 cm³/mol. The highest BCUT2D eigenvalue weighted by atomic mass is 32.2. The fraction of sp³-hybridized carbons (Fsp3) is 0.522. The zero-order valence-corrected chi connectivity index (χ0v) is 20.5. The summed E-state index contributed by atoms with van der Waals surface area (Å²) in [6.07, 6.45) is 1.39. The largest absolute Gasteiger partial charge is 0.421 e. The highest BCUT2D eigenvalue weighted by Crippen LogP contribution is 2.39. The van der Waals surface area contributed by atoms with E-state index in [2.05, 4.69) is 0 Å². The maximum absolute atomic E-state index is 13.3. The van der Waals surface area contributed by atoms with Gasteiger partial charge in [0.25, 0.3) is 0 Å². The lowest BCUT2D eigenvalue weighted by Crippen LogP contribution is -2.55. The van der Waals surface area contributed by atoms with Crippen LogP contribution in [0.4, 0.5) is 18.9 Å². The van der Waals surface area contributed by atoms with E-state index in [4.69, 9.17) is 12.2 Å². The van der Waals surface area contributed by atoms with E-state index in [1.54, 1.807) is 18.2 Å². The standard InChI is InChI=1S/C23H29F3N2O3S2/c1-16(2)14-19-15-27(33(30,31)21-7-5-4-6-20(21)32)12-13-28(19)18-10-8-17(9-11-18)22(3,29)23(24,25)26/h4-5,7-11,16,19,29H,6,12-15H2,1-3H3/t19-,22+/m0/s1. The second-order valence-electron chi connectivity index (χ2n) is 9.04. The first-order valence-corrected chi connectivity index (χ1v) is 12.7. The molecule has 1 heterocycles. The van der Waals surface area contributed by atoms with E-state index in [1.807, 2.05) is 24.8 Å². The van der Waals surface area contributed by atoms with Gasteiger partial charge in [0.15, 0.2) is 5.60 Å². The topological polar surface area (TPSA) is 60.9 Å². The number of anilines is 1. The Morgan fingerprint density at radius 3 is 2.36 bits per heavy atom.